The van der Waals surface area contributed by atoms with E-state index >= 15 is 0 Å². The predicted octanol–water partition coefficient (Wildman–Crippen LogP) is 4.47. The van der Waals surface area contributed by atoms with Crippen molar-refractivity contribution in [1.29, 1.82) is 0 Å². The summed E-state index contributed by atoms with van der Waals surface area (Å²) in [6.07, 6.45) is -22.6. The minimum atomic E-state index is -8.39. The van der Waals surface area contributed by atoms with Crippen LogP contribution in [-0.4, -0.2) is 55.6 Å². The third-order valence-electron chi connectivity index (χ3n) is 2.72. The molecule has 0 unspecified atom stereocenters. The second kappa shape index (κ2) is 7.87. The third-order valence-corrected chi connectivity index (χ3v) is 4.03. The summed E-state index contributed by atoms with van der Waals surface area (Å²) in [6, 6.07) is 0. The maximum Gasteiger partial charge on any atom is 1.00 e. The quantitative estimate of drug-likeness (QED) is 0.345. The molecule has 1 amide bonds. The average Bonchev–Trinajstić information content (AvgIpc) is 2.41. The molecule has 0 heterocycles. The van der Waals surface area contributed by atoms with Crippen LogP contribution in [0.4, 0.5) is 70.2 Å². The number of rotatable bonds is 5. The first-order valence-electron chi connectivity index (χ1n) is 5.67. The smallest absolute Gasteiger partial charge is 0.537 e. The number of halogens is 16. The summed E-state index contributed by atoms with van der Waals surface area (Å²) in [5, 5.41) is -7.94. The summed E-state index contributed by atoms with van der Waals surface area (Å²) in [7, 11) is -8.39. The van der Waals surface area contributed by atoms with Crippen molar-refractivity contribution in [2.24, 2.45) is 0 Å². The Morgan fingerprint density at radius 3 is 1.10 bits per heavy atom. The topological polar surface area (TPSA) is 65.3 Å². The van der Waals surface area contributed by atoms with Crippen LogP contribution in [-0.2, 0) is 37.2 Å². The molecule has 0 aliphatic rings. The molecule has 0 bridgehead atoms. The zero-order valence-corrected chi connectivity index (χ0v) is 14.7. The Labute approximate surface area is 168 Å². The number of carbonyl (C=O) groups excluding carboxylic acids is 1. The molecule has 0 radical (unpaired) electrons. The summed E-state index contributed by atoms with van der Waals surface area (Å²) in [4.78, 5) is 10.6. The largest absolute Gasteiger partial charge is 1.00 e. The zero-order chi connectivity index (χ0) is 24.3. The molecule has 0 aliphatic heterocycles. The van der Waals surface area contributed by atoms with Crippen molar-refractivity contribution < 1.29 is 106 Å². The van der Waals surface area contributed by atoms with Crippen molar-refractivity contribution >= 4 is 15.9 Å². The Morgan fingerprint density at radius 2 is 0.867 bits per heavy atom. The van der Waals surface area contributed by atoms with Gasteiger partial charge in [-0.15, -0.1) is 0 Å². The van der Waals surface area contributed by atoms with E-state index in [0.29, 0.717) is 0 Å². The van der Waals surface area contributed by atoms with E-state index in [4.69, 9.17) is 0 Å². The summed E-state index contributed by atoms with van der Waals surface area (Å²) in [6.45, 7) is 0. The maximum atomic E-state index is 13.1. The van der Waals surface area contributed by atoms with Crippen LogP contribution in [0.5, 0.6) is 0 Å². The minimum absolute atomic E-state index is 0. The molecule has 0 saturated heterocycles. The second-order valence-electron chi connectivity index (χ2n) is 4.69. The number of carbonyl (C=O) groups is 1. The van der Waals surface area contributed by atoms with E-state index < -0.39 is 57.2 Å². The Kier molecular flexibility index (Phi) is 8.19. The van der Waals surface area contributed by atoms with Gasteiger partial charge in [0.15, 0.2) is 10.0 Å². The van der Waals surface area contributed by atoms with Gasteiger partial charge in [0.25, 0.3) is 0 Å². The van der Waals surface area contributed by atoms with Crippen LogP contribution in [0.15, 0.2) is 0 Å². The van der Waals surface area contributed by atoms with Crippen molar-refractivity contribution in [1.82, 2.24) is 0 Å². The Bertz CT molecular complexity index is 736. The average molecular weight is 602 g/mol. The van der Waals surface area contributed by atoms with Crippen molar-refractivity contribution in [2.45, 2.75) is 41.3 Å². The molecule has 0 saturated carbocycles. The van der Waals surface area contributed by atoms with Gasteiger partial charge in [-0.2, -0.15) is 65.9 Å². The van der Waals surface area contributed by atoms with Gasteiger partial charge in [0.1, 0.15) is 5.91 Å². The van der Waals surface area contributed by atoms with Crippen LogP contribution in [0.1, 0.15) is 0 Å². The van der Waals surface area contributed by atoms with Crippen LogP contribution in [0.25, 0.3) is 4.72 Å². The molecule has 0 rings (SSSR count). The summed E-state index contributed by atoms with van der Waals surface area (Å²) >= 11 is 0. The molecule has 0 atom stereocenters. The SMILES string of the molecule is O=C([N-]S(=O)(=O)C(F)(F)C(F)(F)C(F)(F)C(F)(F)F)C(F)(C(F)(F)F)C(F)(F)F.[Ag+]. The Balaban J connectivity index is 0. The van der Waals surface area contributed by atoms with Gasteiger partial charge in [-0.25, -0.2) is 12.8 Å². The van der Waals surface area contributed by atoms with E-state index in [9.17, 15) is 83.5 Å². The van der Waals surface area contributed by atoms with Crippen molar-refractivity contribution in [3.8, 4) is 0 Å². The molecular weight excluding hydrogens is 602 g/mol. The van der Waals surface area contributed by atoms with Gasteiger partial charge >= 0.3 is 63.7 Å². The Morgan fingerprint density at radius 1 is 0.567 bits per heavy atom. The van der Waals surface area contributed by atoms with Gasteiger partial charge in [0.2, 0.25) is 0 Å². The molecule has 0 aliphatic carbocycles. The molecule has 22 heteroatoms. The summed E-state index contributed by atoms with van der Waals surface area (Å²) < 4.78 is 220. The fraction of sp³-hybridized carbons (Fsp3) is 0.875. The van der Waals surface area contributed by atoms with E-state index in [1.807, 2.05) is 0 Å². The standard InChI is InChI=1S/C8HF16NO3S.Ag/c9-2(5(14,15)16,6(17,18)19)1(26)25-29(27,28)8(23,24)4(12,13)3(10,11)7(20,21)22;/h(H,25,26);/q;+1/p-1. The number of hydrogen-bond donors (Lipinski definition) is 0. The monoisotopic (exact) mass is 601 g/mol. The molecule has 4 nitrogen and oxygen atoms in total. The van der Waals surface area contributed by atoms with Crippen LogP contribution in [0, 0.1) is 0 Å². The molecule has 30 heavy (non-hydrogen) atoms. The van der Waals surface area contributed by atoms with E-state index in [2.05, 4.69) is 0 Å². The van der Waals surface area contributed by atoms with E-state index in [1.54, 1.807) is 0 Å². The molecule has 0 aromatic rings. The fourth-order valence-corrected chi connectivity index (χ4v) is 2.07. The molecule has 0 aromatic carbocycles. The summed E-state index contributed by atoms with van der Waals surface area (Å²) in [5.41, 5.74) is -7.43. The van der Waals surface area contributed by atoms with Crippen LogP contribution < -0.4 is 0 Å². The van der Waals surface area contributed by atoms with Gasteiger partial charge in [0.05, 0.1) is 0 Å². The first-order chi connectivity index (χ1) is 12.1. The van der Waals surface area contributed by atoms with Gasteiger partial charge in [-0.1, -0.05) is 0 Å². The van der Waals surface area contributed by atoms with Crippen LogP contribution in [0.2, 0.25) is 0 Å². The van der Waals surface area contributed by atoms with Gasteiger partial charge in [-0.3, -0.25) is 0 Å². The van der Waals surface area contributed by atoms with Crippen molar-refractivity contribution in [3.05, 3.63) is 4.72 Å². The van der Waals surface area contributed by atoms with Crippen LogP contribution in [0.3, 0.4) is 0 Å². The second-order valence-corrected chi connectivity index (χ2v) is 6.33. The normalized spacial score (nSPS) is 15.5. The van der Waals surface area contributed by atoms with E-state index in [1.165, 1.54) is 0 Å². The first-order valence-corrected chi connectivity index (χ1v) is 7.11. The fourth-order valence-electron chi connectivity index (χ4n) is 1.16. The van der Waals surface area contributed by atoms with Gasteiger partial charge in [-0.05, 0) is 0 Å². The molecular formula is C8AgF16NO3S. The van der Waals surface area contributed by atoms with Crippen molar-refractivity contribution in [3.63, 3.8) is 0 Å². The number of amides is 1. The van der Waals surface area contributed by atoms with Crippen LogP contribution >= 0.6 is 0 Å². The van der Waals surface area contributed by atoms with E-state index in [-0.39, 0.29) is 27.1 Å². The maximum absolute atomic E-state index is 13.1. The van der Waals surface area contributed by atoms with Crippen molar-refractivity contribution in [2.75, 3.05) is 0 Å². The first kappa shape index (κ1) is 31.2. The van der Waals surface area contributed by atoms with Gasteiger partial charge in [0, 0.05) is 0 Å². The Hall–Kier alpha value is -0.960. The predicted molar refractivity (Wildman–Crippen MR) is 54.1 cm³/mol. The molecule has 184 valence electrons. The molecule has 0 N–H and O–H groups in total. The van der Waals surface area contributed by atoms with Gasteiger partial charge < -0.3 is 9.52 Å². The number of nitrogens with zero attached hydrogens (tertiary/aromatic N) is 1. The molecule has 0 aromatic heterocycles. The number of sulfonamides is 1. The molecule has 0 spiro atoms. The summed E-state index contributed by atoms with van der Waals surface area (Å²) in [5.74, 6) is -20.9. The number of hydrogen-bond acceptors (Lipinski definition) is 3. The zero-order valence-electron chi connectivity index (χ0n) is 12.4. The number of alkyl halides is 16. The van der Waals surface area contributed by atoms with E-state index in [0.717, 1.165) is 0 Å². The minimum Gasteiger partial charge on any atom is -0.537 e. The molecule has 0 fully saturated rings. The third kappa shape index (κ3) is 4.47.